The van der Waals surface area contributed by atoms with E-state index in [1.807, 2.05) is 0 Å². The van der Waals surface area contributed by atoms with Crippen LogP contribution in [0.3, 0.4) is 0 Å². The van der Waals surface area contributed by atoms with Crippen molar-refractivity contribution >= 4 is 0 Å². The SMILES string of the molecule is CCCCCN(C)C1COCC1O. The second-order valence-corrected chi connectivity index (χ2v) is 3.86. The molecule has 13 heavy (non-hydrogen) atoms. The summed E-state index contributed by atoms with van der Waals surface area (Å²) in [5.41, 5.74) is 0. The summed E-state index contributed by atoms with van der Waals surface area (Å²) in [4.78, 5) is 2.22. The first-order valence-electron chi connectivity index (χ1n) is 5.21. The van der Waals surface area contributed by atoms with Gasteiger partial charge in [0.05, 0.1) is 25.4 Å². The van der Waals surface area contributed by atoms with Crippen molar-refractivity contribution in [3.63, 3.8) is 0 Å². The summed E-state index contributed by atoms with van der Waals surface area (Å²) < 4.78 is 5.21. The van der Waals surface area contributed by atoms with Crippen LogP contribution in [-0.2, 0) is 4.74 Å². The molecule has 0 radical (unpaired) electrons. The average Bonchev–Trinajstić information content (AvgIpc) is 2.52. The molecule has 0 aromatic rings. The lowest BCUT2D eigenvalue weighted by Gasteiger charge is -2.25. The maximum Gasteiger partial charge on any atom is 0.0950 e. The number of ether oxygens (including phenoxy) is 1. The van der Waals surface area contributed by atoms with Gasteiger partial charge in [0, 0.05) is 0 Å². The van der Waals surface area contributed by atoms with E-state index >= 15 is 0 Å². The Morgan fingerprint density at radius 2 is 2.15 bits per heavy atom. The molecule has 3 heteroatoms. The lowest BCUT2D eigenvalue weighted by atomic mass is 10.1. The van der Waals surface area contributed by atoms with E-state index < -0.39 is 0 Å². The monoisotopic (exact) mass is 187 g/mol. The van der Waals surface area contributed by atoms with Crippen LogP contribution in [0.2, 0.25) is 0 Å². The molecule has 1 saturated heterocycles. The Labute approximate surface area is 80.7 Å². The molecular formula is C10H21NO2. The third-order valence-electron chi connectivity index (χ3n) is 2.70. The van der Waals surface area contributed by atoms with Crippen LogP contribution < -0.4 is 0 Å². The van der Waals surface area contributed by atoms with Crippen LogP contribution in [0.25, 0.3) is 0 Å². The van der Waals surface area contributed by atoms with Gasteiger partial charge < -0.3 is 9.84 Å². The topological polar surface area (TPSA) is 32.7 Å². The maximum absolute atomic E-state index is 9.55. The van der Waals surface area contributed by atoms with Gasteiger partial charge in [0.2, 0.25) is 0 Å². The van der Waals surface area contributed by atoms with Gasteiger partial charge in [-0.1, -0.05) is 19.8 Å². The molecule has 0 aliphatic carbocycles. The van der Waals surface area contributed by atoms with Gasteiger partial charge in [-0.25, -0.2) is 0 Å². The average molecular weight is 187 g/mol. The van der Waals surface area contributed by atoms with E-state index in [0.29, 0.717) is 13.2 Å². The predicted octanol–water partition coefficient (Wildman–Crippen LogP) is 0.868. The fourth-order valence-corrected chi connectivity index (χ4v) is 1.73. The van der Waals surface area contributed by atoms with Crippen molar-refractivity contribution in [1.29, 1.82) is 0 Å². The molecule has 2 unspecified atom stereocenters. The van der Waals surface area contributed by atoms with Gasteiger partial charge in [-0.2, -0.15) is 0 Å². The smallest absolute Gasteiger partial charge is 0.0950 e. The maximum atomic E-state index is 9.55. The van der Waals surface area contributed by atoms with E-state index in [1.54, 1.807) is 0 Å². The van der Waals surface area contributed by atoms with Crippen LogP contribution in [0.15, 0.2) is 0 Å². The molecule has 1 rings (SSSR count). The van der Waals surface area contributed by atoms with Crippen LogP contribution >= 0.6 is 0 Å². The molecule has 78 valence electrons. The molecule has 0 aromatic carbocycles. The normalized spacial score (nSPS) is 28.6. The first-order chi connectivity index (χ1) is 6.25. The Bertz CT molecular complexity index is 141. The van der Waals surface area contributed by atoms with E-state index in [0.717, 1.165) is 6.54 Å². The van der Waals surface area contributed by atoms with E-state index in [-0.39, 0.29) is 12.1 Å². The minimum atomic E-state index is -0.286. The Morgan fingerprint density at radius 1 is 1.38 bits per heavy atom. The summed E-state index contributed by atoms with van der Waals surface area (Å²) in [5, 5.41) is 9.55. The van der Waals surface area contributed by atoms with Crippen molar-refractivity contribution in [2.45, 2.75) is 38.3 Å². The molecule has 1 heterocycles. The molecule has 0 aromatic heterocycles. The highest BCUT2D eigenvalue weighted by atomic mass is 16.5. The number of hydrogen-bond acceptors (Lipinski definition) is 3. The summed E-state index contributed by atoms with van der Waals surface area (Å²) in [7, 11) is 2.07. The molecule has 1 aliphatic rings. The molecule has 1 aliphatic heterocycles. The first-order valence-corrected chi connectivity index (χ1v) is 5.21. The first kappa shape index (κ1) is 11.0. The number of aliphatic hydroxyl groups is 1. The summed E-state index contributed by atoms with van der Waals surface area (Å²) in [5.74, 6) is 0. The number of likely N-dealkylation sites (N-methyl/N-ethyl adjacent to an activating group) is 1. The van der Waals surface area contributed by atoms with Crippen LogP contribution in [0.1, 0.15) is 26.2 Å². The van der Waals surface area contributed by atoms with Gasteiger partial charge >= 0.3 is 0 Å². The largest absolute Gasteiger partial charge is 0.389 e. The highest BCUT2D eigenvalue weighted by Crippen LogP contribution is 2.12. The van der Waals surface area contributed by atoms with Crippen LogP contribution in [0.4, 0.5) is 0 Å². The molecular weight excluding hydrogens is 166 g/mol. The Balaban J connectivity index is 2.18. The minimum Gasteiger partial charge on any atom is -0.389 e. The summed E-state index contributed by atoms with van der Waals surface area (Å²) in [6.07, 6.45) is 3.45. The van der Waals surface area contributed by atoms with E-state index in [2.05, 4.69) is 18.9 Å². The molecule has 1 fully saturated rings. The van der Waals surface area contributed by atoms with Crippen molar-refractivity contribution in [2.75, 3.05) is 26.8 Å². The van der Waals surface area contributed by atoms with E-state index in [9.17, 15) is 5.11 Å². The molecule has 1 N–H and O–H groups in total. The Hall–Kier alpha value is -0.120. The fraction of sp³-hybridized carbons (Fsp3) is 1.00. The third kappa shape index (κ3) is 3.25. The number of unbranched alkanes of at least 4 members (excludes halogenated alkanes) is 2. The third-order valence-corrected chi connectivity index (χ3v) is 2.70. The van der Waals surface area contributed by atoms with Gasteiger partial charge in [0.15, 0.2) is 0 Å². The van der Waals surface area contributed by atoms with Crippen molar-refractivity contribution in [2.24, 2.45) is 0 Å². The molecule has 2 atom stereocenters. The summed E-state index contributed by atoms with van der Waals surface area (Å²) >= 11 is 0. The number of hydrogen-bond donors (Lipinski definition) is 1. The van der Waals surface area contributed by atoms with Gasteiger partial charge in [-0.3, -0.25) is 4.90 Å². The van der Waals surface area contributed by atoms with Gasteiger partial charge in [-0.05, 0) is 20.0 Å². The number of aliphatic hydroxyl groups excluding tert-OH is 1. The van der Waals surface area contributed by atoms with Crippen LogP contribution in [0.5, 0.6) is 0 Å². The predicted molar refractivity (Wildman–Crippen MR) is 52.8 cm³/mol. The summed E-state index contributed by atoms with van der Waals surface area (Å²) in [6.45, 7) is 4.46. The highest BCUT2D eigenvalue weighted by Gasteiger charge is 2.28. The zero-order valence-electron chi connectivity index (χ0n) is 8.70. The number of rotatable bonds is 5. The second kappa shape index (κ2) is 5.58. The van der Waals surface area contributed by atoms with Crippen LogP contribution in [0, 0.1) is 0 Å². The molecule has 3 nitrogen and oxygen atoms in total. The van der Waals surface area contributed by atoms with Crippen molar-refractivity contribution in [3.8, 4) is 0 Å². The zero-order chi connectivity index (χ0) is 9.68. The van der Waals surface area contributed by atoms with Crippen molar-refractivity contribution in [3.05, 3.63) is 0 Å². The van der Waals surface area contributed by atoms with Gasteiger partial charge in [0.1, 0.15) is 0 Å². The Kier molecular flexibility index (Phi) is 4.70. The Morgan fingerprint density at radius 3 is 2.69 bits per heavy atom. The fourth-order valence-electron chi connectivity index (χ4n) is 1.73. The molecule has 0 amide bonds. The molecule has 0 saturated carbocycles. The highest BCUT2D eigenvalue weighted by molar-refractivity contribution is 4.81. The van der Waals surface area contributed by atoms with Gasteiger partial charge in [-0.15, -0.1) is 0 Å². The minimum absolute atomic E-state index is 0.219. The standard InChI is InChI=1S/C10H21NO2/c1-3-4-5-6-11(2)9-7-13-8-10(9)12/h9-10,12H,3-8H2,1-2H3. The molecule has 0 spiro atoms. The van der Waals surface area contributed by atoms with Crippen molar-refractivity contribution in [1.82, 2.24) is 4.90 Å². The summed E-state index contributed by atoms with van der Waals surface area (Å²) in [6, 6.07) is 0.219. The quantitative estimate of drug-likeness (QED) is 0.648. The van der Waals surface area contributed by atoms with Crippen LogP contribution in [-0.4, -0.2) is 49.0 Å². The second-order valence-electron chi connectivity index (χ2n) is 3.86. The lowest BCUT2D eigenvalue weighted by Crippen LogP contribution is -2.40. The molecule has 0 bridgehead atoms. The lowest BCUT2D eigenvalue weighted by molar-refractivity contribution is 0.0948. The number of nitrogens with zero attached hydrogens (tertiary/aromatic N) is 1. The van der Waals surface area contributed by atoms with Gasteiger partial charge in [0.25, 0.3) is 0 Å². The van der Waals surface area contributed by atoms with E-state index in [4.69, 9.17) is 4.74 Å². The zero-order valence-corrected chi connectivity index (χ0v) is 8.70. The van der Waals surface area contributed by atoms with E-state index in [1.165, 1.54) is 19.3 Å². The van der Waals surface area contributed by atoms with Crippen molar-refractivity contribution < 1.29 is 9.84 Å².